The molecule has 2 aromatic heterocycles. The molecule has 30 heavy (non-hydrogen) atoms. The zero-order valence-corrected chi connectivity index (χ0v) is 17.8. The van der Waals surface area contributed by atoms with Gasteiger partial charge in [0.25, 0.3) is 0 Å². The van der Waals surface area contributed by atoms with Crippen molar-refractivity contribution in [3.63, 3.8) is 0 Å². The minimum absolute atomic E-state index is 0.124. The highest BCUT2D eigenvalue weighted by molar-refractivity contribution is 8.00. The van der Waals surface area contributed by atoms with Gasteiger partial charge in [-0.3, -0.25) is 9.78 Å². The predicted octanol–water partition coefficient (Wildman–Crippen LogP) is 4.45. The Kier molecular flexibility index (Phi) is 5.76. The molecule has 4 rings (SSSR count). The molecule has 0 fully saturated rings. The minimum atomic E-state index is -0.392. The molecule has 0 saturated heterocycles. The third kappa shape index (κ3) is 4.18. The Balaban J connectivity index is 1.50. The summed E-state index contributed by atoms with van der Waals surface area (Å²) in [7, 11) is 0. The lowest BCUT2D eigenvalue weighted by atomic mass is 10.0. The Labute approximate surface area is 178 Å². The Bertz CT molecular complexity index is 1170. The first-order valence-electron chi connectivity index (χ1n) is 9.73. The maximum atomic E-state index is 12.8. The van der Waals surface area contributed by atoms with Gasteiger partial charge in [0.1, 0.15) is 0 Å². The van der Waals surface area contributed by atoms with E-state index in [1.165, 1.54) is 17.3 Å². The lowest BCUT2D eigenvalue weighted by Crippen LogP contribution is -2.23. The number of pyridine rings is 1. The molecule has 2 heterocycles. The standard InChI is InChI=1S/C22H22N6OS/c1-14(2)16-9-11-17(12-10-16)28-22(25-26-27-28)30-15(3)21(29)24-20-8-4-7-19-18(20)6-5-13-23-19/h4-15H,1-3H3,(H,24,29). The molecule has 1 unspecified atom stereocenters. The summed E-state index contributed by atoms with van der Waals surface area (Å²) in [6.07, 6.45) is 1.74. The summed E-state index contributed by atoms with van der Waals surface area (Å²) in [6, 6.07) is 17.6. The highest BCUT2D eigenvalue weighted by atomic mass is 32.2. The molecule has 0 aliphatic rings. The molecule has 0 aliphatic heterocycles. The Morgan fingerprint density at radius 1 is 1.03 bits per heavy atom. The van der Waals surface area contributed by atoms with Crippen LogP contribution in [0.3, 0.4) is 0 Å². The average Bonchev–Trinajstić information content (AvgIpc) is 3.22. The van der Waals surface area contributed by atoms with Gasteiger partial charge in [0.2, 0.25) is 11.1 Å². The Hall–Kier alpha value is -3.26. The van der Waals surface area contributed by atoms with Gasteiger partial charge in [-0.2, -0.15) is 4.68 Å². The minimum Gasteiger partial charge on any atom is -0.324 e. The summed E-state index contributed by atoms with van der Waals surface area (Å²) in [5, 5.41) is 16.1. The van der Waals surface area contributed by atoms with Crippen molar-refractivity contribution in [1.82, 2.24) is 25.2 Å². The number of carbonyl (C=O) groups is 1. The first-order chi connectivity index (χ1) is 14.5. The van der Waals surface area contributed by atoms with Crippen LogP contribution in [0.2, 0.25) is 0 Å². The molecule has 8 heteroatoms. The molecule has 4 aromatic rings. The number of rotatable bonds is 6. The maximum absolute atomic E-state index is 12.8. The molecule has 152 valence electrons. The van der Waals surface area contributed by atoms with Gasteiger partial charge in [-0.25, -0.2) is 0 Å². The van der Waals surface area contributed by atoms with Gasteiger partial charge in [-0.05, 0) is 65.2 Å². The van der Waals surface area contributed by atoms with Crippen molar-refractivity contribution in [3.8, 4) is 5.69 Å². The number of fused-ring (bicyclic) bond motifs is 1. The van der Waals surface area contributed by atoms with Crippen molar-refractivity contribution in [3.05, 3.63) is 66.4 Å². The van der Waals surface area contributed by atoms with E-state index in [0.717, 1.165) is 22.3 Å². The van der Waals surface area contributed by atoms with Crippen LogP contribution in [0.1, 0.15) is 32.3 Å². The van der Waals surface area contributed by atoms with Gasteiger partial charge in [-0.15, -0.1) is 5.10 Å². The molecule has 1 N–H and O–H groups in total. The molecule has 0 radical (unpaired) electrons. The molecule has 0 aliphatic carbocycles. The van der Waals surface area contributed by atoms with Gasteiger partial charge in [-0.1, -0.05) is 43.8 Å². The Morgan fingerprint density at radius 3 is 2.60 bits per heavy atom. The lowest BCUT2D eigenvalue weighted by molar-refractivity contribution is -0.115. The van der Waals surface area contributed by atoms with Gasteiger partial charge < -0.3 is 5.32 Å². The highest BCUT2D eigenvalue weighted by Gasteiger charge is 2.20. The largest absolute Gasteiger partial charge is 0.324 e. The quantitative estimate of drug-likeness (QED) is 0.466. The van der Waals surface area contributed by atoms with Crippen LogP contribution in [0.15, 0.2) is 66.0 Å². The molecule has 0 spiro atoms. The second-order valence-electron chi connectivity index (χ2n) is 7.24. The highest BCUT2D eigenvalue weighted by Crippen LogP contribution is 2.26. The third-order valence-electron chi connectivity index (χ3n) is 4.80. The topological polar surface area (TPSA) is 85.6 Å². The predicted molar refractivity (Wildman–Crippen MR) is 119 cm³/mol. The molecule has 1 atom stereocenters. The number of carbonyl (C=O) groups excluding carboxylic acids is 1. The number of amides is 1. The first kappa shape index (κ1) is 20.0. The van der Waals surface area contributed by atoms with E-state index in [9.17, 15) is 4.79 Å². The number of nitrogens with one attached hydrogen (secondary N) is 1. The van der Waals surface area contributed by atoms with Gasteiger partial charge in [0.15, 0.2) is 0 Å². The molecule has 1 amide bonds. The average molecular weight is 419 g/mol. The number of nitrogens with zero attached hydrogens (tertiary/aromatic N) is 5. The van der Waals surface area contributed by atoms with Gasteiger partial charge in [0, 0.05) is 11.6 Å². The van der Waals surface area contributed by atoms with Crippen LogP contribution in [-0.4, -0.2) is 36.3 Å². The second kappa shape index (κ2) is 8.62. The fourth-order valence-corrected chi connectivity index (χ4v) is 3.88. The van der Waals surface area contributed by atoms with E-state index < -0.39 is 5.25 Å². The number of benzene rings is 2. The SMILES string of the molecule is CC(Sc1nnnn1-c1ccc(C(C)C)cc1)C(=O)Nc1cccc2ncccc12. The van der Waals surface area contributed by atoms with E-state index in [4.69, 9.17) is 0 Å². The van der Waals surface area contributed by atoms with E-state index in [-0.39, 0.29) is 5.91 Å². The molecular weight excluding hydrogens is 396 g/mol. The maximum Gasteiger partial charge on any atom is 0.237 e. The van der Waals surface area contributed by atoms with Gasteiger partial charge >= 0.3 is 0 Å². The van der Waals surface area contributed by atoms with Crippen molar-refractivity contribution in [2.24, 2.45) is 0 Å². The van der Waals surface area contributed by atoms with Crippen LogP contribution in [0.4, 0.5) is 5.69 Å². The fourth-order valence-electron chi connectivity index (χ4n) is 3.07. The number of tetrazole rings is 1. The molecule has 0 saturated carbocycles. The zero-order valence-electron chi connectivity index (χ0n) is 17.0. The summed E-state index contributed by atoms with van der Waals surface area (Å²) >= 11 is 1.31. The van der Waals surface area contributed by atoms with E-state index in [1.807, 2.05) is 49.4 Å². The van der Waals surface area contributed by atoms with E-state index in [1.54, 1.807) is 10.9 Å². The van der Waals surface area contributed by atoms with Crippen LogP contribution in [0.25, 0.3) is 16.6 Å². The third-order valence-corrected chi connectivity index (χ3v) is 5.83. The van der Waals surface area contributed by atoms with Crippen molar-refractivity contribution in [1.29, 1.82) is 0 Å². The van der Waals surface area contributed by atoms with Crippen LogP contribution in [-0.2, 0) is 4.79 Å². The van der Waals surface area contributed by atoms with E-state index >= 15 is 0 Å². The first-order valence-corrected chi connectivity index (χ1v) is 10.6. The van der Waals surface area contributed by atoms with Crippen molar-refractivity contribution in [2.75, 3.05) is 5.32 Å². The van der Waals surface area contributed by atoms with Crippen LogP contribution in [0, 0.1) is 0 Å². The van der Waals surface area contributed by atoms with E-state index in [0.29, 0.717) is 11.1 Å². The smallest absolute Gasteiger partial charge is 0.237 e. The summed E-state index contributed by atoms with van der Waals surface area (Å²) < 4.78 is 1.65. The summed E-state index contributed by atoms with van der Waals surface area (Å²) in [6.45, 7) is 6.14. The lowest BCUT2D eigenvalue weighted by Gasteiger charge is -2.13. The van der Waals surface area contributed by atoms with Crippen molar-refractivity contribution in [2.45, 2.75) is 37.1 Å². The molecule has 7 nitrogen and oxygen atoms in total. The van der Waals surface area contributed by atoms with Crippen LogP contribution in [0.5, 0.6) is 0 Å². The van der Waals surface area contributed by atoms with Crippen molar-refractivity contribution < 1.29 is 4.79 Å². The zero-order chi connectivity index (χ0) is 21.1. The molecule has 2 aromatic carbocycles. The Morgan fingerprint density at radius 2 is 1.83 bits per heavy atom. The summed E-state index contributed by atoms with van der Waals surface area (Å²) in [4.78, 5) is 17.2. The summed E-state index contributed by atoms with van der Waals surface area (Å²) in [5.41, 5.74) is 3.68. The fraction of sp³-hybridized carbons (Fsp3) is 0.227. The molecule has 0 bridgehead atoms. The van der Waals surface area contributed by atoms with Crippen LogP contribution < -0.4 is 5.32 Å². The second-order valence-corrected chi connectivity index (χ2v) is 8.55. The number of anilines is 1. The number of hydrogen-bond acceptors (Lipinski definition) is 6. The summed E-state index contributed by atoms with van der Waals surface area (Å²) in [5.74, 6) is 0.329. The van der Waals surface area contributed by atoms with Gasteiger partial charge in [0.05, 0.1) is 22.1 Å². The number of thioether (sulfide) groups is 1. The van der Waals surface area contributed by atoms with E-state index in [2.05, 4.69) is 51.8 Å². The number of aromatic nitrogens is 5. The normalized spacial score (nSPS) is 12.3. The van der Waals surface area contributed by atoms with Crippen molar-refractivity contribution >= 4 is 34.3 Å². The molecular formula is C22H22N6OS. The number of hydrogen-bond donors (Lipinski definition) is 1. The monoisotopic (exact) mass is 418 g/mol. The van der Waals surface area contributed by atoms with Crippen LogP contribution >= 0.6 is 11.8 Å².